The number of nitrogens with one attached hydrogen (secondary N) is 2. The van der Waals surface area contributed by atoms with Gasteiger partial charge in [0.2, 0.25) is 5.91 Å². The first-order chi connectivity index (χ1) is 14.0. The van der Waals surface area contributed by atoms with Gasteiger partial charge in [-0.2, -0.15) is 0 Å². The Morgan fingerprint density at radius 2 is 2.00 bits per heavy atom. The molecule has 8 nitrogen and oxygen atoms in total. The van der Waals surface area contributed by atoms with E-state index in [1.165, 1.54) is 0 Å². The summed E-state index contributed by atoms with van der Waals surface area (Å²) in [6, 6.07) is 6.98. The van der Waals surface area contributed by atoms with E-state index in [4.69, 9.17) is 0 Å². The van der Waals surface area contributed by atoms with Crippen molar-refractivity contribution in [3.63, 3.8) is 0 Å². The third-order valence-corrected chi connectivity index (χ3v) is 5.92. The van der Waals surface area contributed by atoms with Crippen LogP contribution in [0.25, 0.3) is 0 Å². The number of aliphatic hydroxyl groups is 1. The molecule has 2 heterocycles. The quantitative estimate of drug-likeness (QED) is 0.700. The second kappa shape index (κ2) is 8.32. The van der Waals surface area contributed by atoms with Crippen molar-refractivity contribution in [3.05, 3.63) is 47.0 Å². The maximum Gasteiger partial charge on any atom is 0.251 e. The summed E-state index contributed by atoms with van der Waals surface area (Å²) in [6.45, 7) is 3.22. The van der Waals surface area contributed by atoms with Crippen molar-refractivity contribution in [3.8, 4) is 0 Å². The Hall–Kier alpha value is -2.74. The first-order valence-electron chi connectivity index (χ1n) is 10.3. The van der Waals surface area contributed by atoms with Gasteiger partial charge in [0.1, 0.15) is 5.82 Å². The molecule has 1 aliphatic carbocycles. The molecule has 4 rings (SSSR count). The molecule has 0 bridgehead atoms. The Morgan fingerprint density at radius 3 is 2.76 bits per heavy atom. The summed E-state index contributed by atoms with van der Waals surface area (Å²) < 4.78 is 2.06. The number of aromatic nitrogens is 3. The maximum absolute atomic E-state index is 12.6. The van der Waals surface area contributed by atoms with E-state index in [1.807, 2.05) is 19.1 Å². The lowest BCUT2D eigenvalue weighted by Crippen LogP contribution is -2.49. The van der Waals surface area contributed by atoms with Crippen molar-refractivity contribution in [2.45, 2.75) is 64.3 Å². The van der Waals surface area contributed by atoms with Crippen LogP contribution in [0.5, 0.6) is 0 Å². The molecule has 1 saturated carbocycles. The van der Waals surface area contributed by atoms with Gasteiger partial charge in [0.25, 0.3) is 5.91 Å². The molecule has 0 saturated heterocycles. The fourth-order valence-electron chi connectivity index (χ4n) is 4.16. The molecule has 3 N–H and O–H groups in total. The van der Waals surface area contributed by atoms with Crippen molar-refractivity contribution >= 4 is 11.8 Å². The number of carbonyl (C=O) groups is 2. The first kappa shape index (κ1) is 19.6. The number of aryl methyl sites for hydroxylation is 2. The van der Waals surface area contributed by atoms with Crippen molar-refractivity contribution < 1.29 is 14.7 Å². The lowest BCUT2D eigenvalue weighted by atomic mass is 9.83. The van der Waals surface area contributed by atoms with Crippen LogP contribution >= 0.6 is 0 Å². The number of nitrogens with zero attached hydrogens (tertiary/aromatic N) is 3. The van der Waals surface area contributed by atoms with Crippen LogP contribution in [-0.2, 0) is 24.3 Å². The van der Waals surface area contributed by atoms with E-state index < -0.39 is 6.10 Å². The molecule has 1 aromatic carbocycles. The summed E-state index contributed by atoms with van der Waals surface area (Å²) in [6.07, 6.45) is 2.78. The van der Waals surface area contributed by atoms with Crippen LogP contribution < -0.4 is 10.6 Å². The summed E-state index contributed by atoms with van der Waals surface area (Å²) in [4.78, 5) is 24.9. The number of amides is 2. The van der Waals surface area contributed by atoms with Gasteiger partial charge < -0.3 is 20.3 Å². The largest absolute Gasteiger partial charge is 0.391 e. The lowest BCUT2D eigenvalue weighted by Gasteiger charge is -2.33. The van der Waals surface area contributed by atoms with E-state index >= 15 is 0 Å². The molecule has 0 spiro atoms. The van der Waals surface area contributed by atoms with Crippen LogP contribution in [0.2, 0.25) is 0 Å². The molecule has 29 heavy (non-hydrogen) atoms. The topological polar surface area (TPSA) is 109 Å². The molecule has 154 valence electrons. The van der Waals surface area contributed by atoms with Gasteiger partial charge in [0.15, 0.2) is 5.82 Å². The monoisotopic (exact) mass is 397 g/mol. The number of hydrogen-bond donors (Lipinski definition) is 3. The smallest absolute Gasteiger partial charge is 0.251 e. The van der Waals surface area contributed by atoms with E-state index in [0.29, 0.717) is 31.4 Å². The Balaban J connectivity index is 1.27. The van der Waals surface area contributed by atoms with E-state index in [-0.39, 0.29) is 23.8 Å². The van der Waals surface area contributed by atoms with Crippen LogP contribution in [0.1, 0.15) is 53.3 Å². The van der Waals surface area contributed by atoms with Crippen LogP contribution in [0.15, 0.2) is 24.3 Å². The number of aliphatic hydroxyl groups excluding tert-OH is 1. The summed E-state index contributed by atoms with van der Waals surface area (Å²) in [5.41, 5.74) is 1.66. The first-order valence-corrected chi connectivity index (χ1v) is 10.3. The fraction of sp³-hybridized carbons (Fsp3) is 0.524. The van der Waals surface area contributed by atoms with E-state index in [9.17, 15) is 14.7 Å². The standard InChI is InChI=1S/C21H27N5O3/c1-13-4-6-14(7-5-13)21(29)23-16-9-8-15(11-17(16)27)20(28)22-12-19-25-24-18-3-2-10-26(18)19/h4-7,15-17,27H,2-3,8-12H2,1H3,(H,22,28)(H,23,29)/t15-,16+,17+/m0/s1. The molecule has 0 unspecified atom stereocenters. The Morgan fingerprint density at radius 1 is 1.21 bits per heavy atom. The van der Waals surface area contributed by atoms with Gasteiger partial charge in [-0.3, -0.25) is 9.59 Å². The molecule has 1 aliphatic heterocycles. The fourth-order valence-corrected chi connectivity index (χ4v) is 4.16. The van der Waals surface area contributed by atoms with Gasteiger partial charge in [-0.15, -0.1) is 10.2 Å². The van der Waals surface area contributed by atoms with Gasteiger partial charge in [-0.05, 0) is 44.7 Å². The van der Waals surface area contributed by atoms with Gasteiger partial charge >= 0.3 is 0 Å². The van der Waals surface area contributed by atoms with Crippen LogP contribution in [0, 0.1) is 12.8 Å². The Kier molecular flexibility index (Phi) is 5.62. The Labute approximate surface area is 169 Å². The Bertz CT molecular complexity index is 892. The number of benzene rings is 1. The molecule has 3 atom stereocenters. The van der Waals surface area contributed by atoms with Gasteiger partial charge in [-0.1, -0.05) is 17.7 Å². The third kappa shape index (κ3) is 4.32. The molecule has 2 aliphatic rings. The minimum absolute atomic E-state index is 0.0808. The van der Waals surface area contributed by atoms with E-state index in [1.54, 1.807) is 12.1 Å². The highest BCUT2D eigenvalue weighted by molar-refractivity contribution is 5.94. The highest BCUT2D eigenvalue weighted by atomic mass is 16.3. The van der Waals surface area contributed by atoms with Crippen LogP contribution in [0.4, 0.5) is 0 Å². The second-order valence-corrected chi connectivity index (χ2v) is 8.03. The minimum atomic E-state index is -0.744. The summed E-state index contributed by atoms with van der Waals surface area (Å²) in [7, 11) is 0. The molecule has 1 aromatic heterocycles. The van der Waals surface area contributed by atoms with Crippen molar-refractivity contribution in [1.29, 1.82) is 0 Å². The van der Waals surface area contributed by atoms with Gasteiger partial charge in [-0.25, -0.2) is 0 Å². The number of rotatable bonds is 5. The molecule has 0 radical (unpaired) electrons. The molecular formula is C21H27N5O3. The number of hydrogen-bond acceptors (Lipinski definition) is 5. The molecule has 1 fully saturated rings. The van der Waals surface area contributed by atoms with Crippen LogP contribution in [-0.4, -0.2) is 43.8 Å². The lowest BCUT2D eigenvalue weighted by molar-refractivity contribution is -0.127. The summed E-state index contributed by atoms with van der Waals surface area (Å²) >= 11 is 0. The third-order valence-electron chi connectivity index (χ3n) is 5.92. The highest BCUT2D eigenvalue weighted by Gasteiger charge is 2.34. The van der Waals surface area contributed by atoms with Crippen molar-refractivity contribution in [2.24, 2.45) is 5.92 Å². The molecule has 2 aromatic rings. The average molecular weight is 397 g/mol. The summed E-state index contributed by atoms with van der Waals surface area (Å²) in [5, 5.41) is 24.6. The predicted octanol–water partition coefficient (Wildman–Crippen LogP) is 1.11. The average Bonchev–Trinajstić information content (AvgIpc) is 3.32. The second-order valence-electron chi connectivity index (χ2n) is 8.03. The summed E-state index contributed by atoms with van der Waals surface area (Å²) in [5.74, 6) is 1.22. The van der Waals surface area contributed by atoms with Crippen LogP contribution in [0.3, 0.4) is 0 Å². The number of carbonyl (C=O) groups excluding carboxylic acids is 2. The van der Waals surface area contributed by atoms with E-state index in [2.05, 4.69) is 25.4 Å². The zero-order chi connectivity index (χ0) is 20.4. The number of fused-ring (bicyclic) bond motifs is 1. The zero-order valence-electron chi connectivity index (χ0n) is 16.6. The highest BCUT2D eigenvalue weighted by Crippen LogP contribution is 2.25. The SMILES string of the molecule is Cc1ccc(C(=O)N[C@@H]2CC[C@H](C(=O)NCc3nnc4n3CCC4)C[C@H]2O)cc1. The van der Waals surface area contributed by atoms with E-state index in [0.717, 1.165) is 36.6 Å². The zero-order valence-corrected chi connectivity index (χ0v) is 16.6. The molecule has 8 heteroatoms. The van der Waals surface area contributed by atoms with Crippen molar-refractivity contribution in [2.75, 3.05) is 0 Å². The maximum atomic E-state index is 12.6. The molecular weight excluding hydrogens is 370 g/mol. The normalized spacial score (nSPS) is 23.4. The molecule has 2 amide bonds. The van der Waals surface area contributed by atoms with Gasteiger partial charge in [0.05, 0.1) is 18.7 Å². The van der Waals surface area contributed by atoms with Crippen molar-refractivity contribution in [1.82, 2.24) is 25.4 Å². The predicted molar refractivity (Wildman–Crippen MR) is 106 cm³/mol. The minimum Gasteiger partial charge on any atom is -0.391 e. The van der Waals surface area contributed by atoms with Gasteiger partial charge in [0, 0.05) is 24.4 Å².